The van der Waals surface area contributed by atoms with Crippen molar-refractivity contribution in [2.75, 3.05) is 18.9 Å². The van der Waals surface area contributed by atoms with Crippen LogP contribution >= 0.6 is 11.8 Å². The van der Waals surface area contributed by atoms with Crippen molar-refractivity contribution in [2.45, 2.75) is 75.8 Å². The molecule has 1 fully saturated rings. The highest BCUT2D eigenvalue weighted by Crippen LogP contribution is 2.24. The summed E-state index contributed by atoms with van der Waals surface area (Å²) in [7, 11) is 1.51. The highest BCUT2D eigenvalue weighted by atomic mass is 32.2. The minimum atomic E-state index is -2.15. The van der Waals surface area contributed by atoms with Crippen molar-refractivity contribution in [3.05, 3.63) is 11.6 Å². The zero-order valence-electron chi connectivity index (χ0n) is 26.1. The van der Waals surface area contributed by atoms with Crippen LogP contribution in [0.3, 0.4) is 0 Å². The van der Waals surface area contributed by atoms with Gasteiger partial charge < -0.3 is 53.3 Å². The van der Waals surface area contributed by atoms with E-state index in [2.05, 4.69) is 42.4 Å². The van der Waals surface area contributed by atoms with Crippen LogP contribution in [-0.4, -0.2) is 115 Å². The van der Waals surface area contributed by atoms with Gasteiger partial charge in [0.2, 0.25) is 47.3 Å². The Balaban J connectivity index is 2.78. The van der Waals surface area contributed by atoms with Crippen LogP contribution in [0.2, 0.25) is 0 Å². The van der Waals surface area contributed by atoms with E-state index in [9.17, 15) is 43.5 Å². The number of hydrogen-bond acceptors (Lipinski definition) is 11. The highest BCUT2D eigenvalue weighted by Gasteiger charge is 2.47. The first-order valence-corrected chi connectivity index (χ1v) is 15.7. The quantitative estimate of drug-likeness (QED) is 0.109. The maximum atomic E-state index is 14.2. The molecule has 8 amide bonds. The average Bonchev–Trinajstić information content (AvgIpc) is 3.02. The third-order valence-corrected chi connectivity index (χ3v) is 8.59. The lowest BCUT2D eigenvalue weighted by Gasteiger charge is -2.37. The highest BCUT2D eigenvalue weighted by molar-refractivity contribution is 8.02. The molecular formula is C26H42BN9O9S. The van der Waals surface area contributed by atoms with Gasteiger partial charge in [-0.1, -0.05) is 20.3 Å². The van der Waals surface area contributed by atoms with Crippen LogP contribution in [0.4, 0.5) is 0 Å². The number of primary amides is 1. The molecule has 254 valence electrons. The van der Waals surface area contributed by atoms with E-state index in [-0.39, 0.29) is 5.75 Å². The molecule has 0 aromatic heterocycles. The van der Waals surface area contributed by atoms with Crippen LogP contribution in [0, 0.1) is 5.92 Å². The fraction of sp³-hybridized carbons (Fsp3) is 0.615. The molecule has 18 nitrogen and oxygen atoms in total. The van der Waals surface area contributed by atoms with Gasteiger partial charge in [-0.05, 0) is 18.2 Å². The van der Waals surface area contributed by atoms with Crippen LogP contribution in [-0.2, 0) is 38.4 Å². The molecule has 20 heteroatoms. The molecule has 7 atom stereocenters. The predicted molar refractivity (Wildman–Crippen MR) is 167 cm³/mol. The Labute approximate surface area is 270 Å². The van der Waals surface area contributed by atoms with E-state index < -0.39 is 115 Å². The molecule has 0 aliphatic carbocycles. The van der Waals surface area contributed by atoms with E-state index in [1.54, 1.807) is 13.8 Å². The van der Waals surface area contributed by atoms with Crippen LogP contribution in [0.25, 0.3) is 0 Å². The second-order valence-corrected chi connectivity index (χ2v) is 12.0. The minimum absolute atomic E-state index is 0.357. The largest absolute Gasteiger partial charge is 0.394 e. The molecule has 1 saturated heterocycles. The molecule has 2 aliphatic heterocycles. The Kier molecular flexibility index (Phi) is 14.5. The van der Waals surface area contributed by atoms with Crippen molar-refractivity contribution in [3.8, 4) is 0 Å². The van der Waals surface area contributed by atoms with Gasteiger partial charge >= 0.3 is 0 Å². The molecule has 2 aliphatic rings. The number of hydrogen-bond donors (Lipinski definition) is 10. The Hall–Kier alpha value is -4.17. The van der Waals surface area contributed by atoms with Crippen LogP contribution < -0.4 is 48.2 Å². The van der Waals surface area contributed by atoms with Crippen LogP contribution in [0.5, 0.6) is 0 Å². The molecule has 11 N–H and O–H groups in total. The van der Waals surface area contributed by atoms with E-state index in [4.69, 9.17) is 5.73 Å². The third-order valence-electron chi connectivity index (χ3n) is 7.61. The summed E-state index contributed by atoms with van der Waals surface area (Å²) in [6.07, 6.45) is 0.346. The monoisotopic (exact) mass is 667 g/mol. The third kappa shape index (κ3) is 10.4. The summed E-state index contributed by atoms with van der Waals surface area (Å²) in [5.41, 5.74) is 3.17. The predicted octanol–water partition coefficient (Wildman–Crippen LogP) is -5.93. The molecular weight excluding hydrogens is 625 g/mol. The average molecular weight is 668 g/mol. The standard InChI is InChI=1S/C26H42BN9O9S/c1-4-12(2)19-24(44)32-16(10-37)23(43)35-26(8-15(22(42)34-19)31-20(40)13(3)36-27)11-46-6-5-29-18(39)9-30-21(41)14(7-17(28)38)33-25(26)45/h5-6,12-16,19,36-37H,4,7-11,27H2,1-3H3,(H2,28,38)(H,29,39)(H,30,41)(H,31,40)(H,32,44)(H,33,45)(H,34,42)(H,35,43)/b6-5-. The number of nitrogens with one attached hydrogen (secondary N) is 8. The van der Waals surface area contributed by atoms with Crippen molar-refractivity contribution in [1.82, 2.24) is 42.4 Å². The van der Waals surface area contributed by atoms with Gasteiger partial charge in [-0.3, -0.25) is 38.4 Å². The molecule has 46 heavy (non-hydrogen) atoms. The van der Waals surface area contributed by atoms with E-state index >= 15 is 0 Å². The number of nitrogens with two attached hydrogens (primary N) is 1. The summed E-state index contributed by atoms with van der Waals surface area (Å²) < 4.78 is 0. The maximum absolute atomic E-state index is 14.2. The Morgan fingerprint density at radius 2 is 1.76 bits per heavy atom. The zero-order chi connectivity index (χ0) is 34.6. The lowest BCUT2D eigenvalue weighted by atomic mass is 9.89. The lowest BCUT2D eigenvalue weighted by Crippen LogP contribution is -2.68. The summed E-state index contributed by atoms with van der Waals surface area (Å²) in [6, 6.07) is -6.72. The molecule has 0 aromatic rings. The normalized spacial score (nSPS) is 28.9. The summed E-state index contributed by atoms with van der Waals surface area (Å²) in [5, 5.41) is 31.4. The molecule has 7 unspecified atom stereocenters. The smallest absolute Gasteiger partial charge is 0.247 e. The summed E-state index contributed by atoms with van der Waals surface area (Å²) >= 11 is 0.914. The van der Waals surface area contributed by atoms with Crippen LogP contribution in [0.1, 0.15) is 40.0 Å². The lowest BCUT2D eigenvalue weighted by molar-refractivity contribution is -0.139. The molecule has 0 aromatic carbocycles. The minimum Gasteiger partial charge on any atom is -0.394 e. The van der Waals surface area contributed by atoms with Crippen molar-refractivity contribution in [3.63, 3.8) is 0 Å². The number of aliphatic hydroxyl groups is 1. The van der Waals surface area contributed by atoms with Gasteiger partial charge in [-0.25, -0.2) is 0 Å². The van der Waals surface area contributed by atoms with E-state index in [0.717, 1.165) is 11.8 Å². The van der Waals surface area contributed by atoms with E-state index in [1.807, 2.05) is 0 Å². The van der Waals surface area contributed by atoms with Gasteiger partial charge in [0.25, 0.3) is 0 Å². The van der Waals surface area contributed by atoms with Gasteiger partial charge in [0.05, 0.1) is 25.6 Å². The van der Waals surface area contributed by atoms with Crippen molar-refractivity contribution in [2.24, 2.45) is 11.7 Å². The summed E-state index contributed by atoms with van der Waals surface area (Å²) in [4.78, 5) is 105. The van der Waals surface area contributed by atoms with E-state index in [1.165, 1.54) is 26.5 Å². The zero-order valence-corrected chi connectivity index (χ0v) is 26.9. The van der Waals surface area contributed by atoms with Gasteiger partial charge in [0.15, 0.2) is 7.98 Å². The van der Waals surface area contributed by atoms with Crippen LogP contribution in [0.15, 0.2) is 11.6 Å². The van der Waals surface area contributed by atoms with E-state index in [0.29, 0.717) is 6.42 Å². The molecule has 2 rings (SSSR count). The number of carbonyl (C=O) groups is 8. The number of rotatable bonds is 8. The van der Waals surface area contributed by atoms with Gasteiger partial charge in [-0.15, -0.1) is 11.8 Å². The Morgan fingerprint density at radius 3 is 2.37 bits per heavy atom. The van der Waals surface area contributed by atoms with Crippen molar-refractivity contribution >= 4 is 67.0 Å². The van der Waals surface area contributed by atoms with Crippen molar-refractivity contribution < 1.29 is 43.5 Å². The number of carbonyl (C=O) groups excluding carboxylic acids is 8. The van der Waals surface area contributed by atoms with Gasteiger partial charge in [0, 0.05) is 18.4 Å². The second kappa shape index (κ2) is 17.5. The van der Waals surface area contributed by atoms with Gasteiger partial charge in [-0.2, -0.15) is 0 Å². The van der Waals surface area contributed by atoms with Gasteiger partial charge in [0.1, 0.15) is 29.7 Å². The Bertz CT molecular complexity index is 1240. The molecule has 2 heterocycles. The topological polar surface area (TPSA) is 279 Å². The Morgan fingerprint density at radius 1 is 1.07 bits per heavy atom. The number of aliphatic hydroxyl groups excluding tert-OH is 1. The fourth-order valence-electron chi connectivity index (χ4n) is 4.49. The SMILES string of the molecule is BNC(C)C(=O)NC1CC2(CS/C=C\NC(=O)CNC(=O)C(CC(N)=O)NC2=O)NC(=O)C(CO)NC(=O)C(C(C)CC)NC1=O. The molecule has 0 radical (unpaired) electrons. The van der Waals surface area contributed by atoms with Crippen molar-refractivity contribution in [1.29, 1.82) is 0 Å². The fourth-order valence-corrected chi connectivity index (χ4v) is 5.36. The second-order valence-electron chi connectivity index (χ2n) is 11.1. The number of thioether (sulfide) groups is 1. The molecule has 0 saturated carbocycles. The maximum Gasteiger partial charge on any atom is 0.247 e. The molecule has 1 spiro atoms. The summed E-state index contributed by atoms with van der Waals surface area (Å²) in [5.74, 6) is -7.73. The summed E-state index contributed by atoms with van der Waals surface area (Å²) in [6.45, 7) is 3.59. The number of amides is 8. The first-order chi connectivity index (χ1) is 21.7. The first-order valence-electron chi connectivity index (χ1n) is 14.6. The first kappa shape index (κ1) is 38.0. The molecule has 0 bridgehead atoms.